The van der Waals surface area contributed by atoms with Crippen molar-refractivity contribution in [3.8, 4) is 5.75 Å². The molecule has 8 heteroatoms. The molecule has 0 aromatic heterocycles. The molecule has 2 aromatic carbocycles. The molecule has 0 unspecified atom stereocenters. The van der Waals surface area contributed by atoms with Gasteiger partial charge in [0.05, 0.1) is 13.2 Å². The van der Waals surface area contributed by atoms with Gasteiger partial charge >= 0.3 is 0 Å². The number of amidine groups is 1. The highest BCUT2D eigenvalue weighted by Crippen LogP contribution is 2.13. The molecule has 0 saturated heterocycles. The minimum absolute atomic E-state index is 0.00903. The van der Waals surface area contributed by atoms with Gasteiger partial charge in [0.2, 0.25) is 11.8 Å². The van der Waals surface area contributed by atoms with Crippen molar-refractivity contribution in [1.29, 1.82) is 5.41 Å². The SMILES string of the molecule is COc1ccc(CC[C@@H](N)C(=O)N[C@@H](C)C(=O)NCc2ccc(C(=N)N)cc2)cc1. The van der Waals surface area contributed by atoms with Crippen molar-refractivity contribution in [1.82, 2.24) is 10.6 Å². The molecule has 2 aromatic rings. The second-order valence-corrected chi connectivity index (χ2v) is 7.05. The Hall–Kier alpha value is -3.39. The molecule has 0 radical (unpaired) electrons. The van der Waals surface area contributed by atoms with Gasteiger partial charge in [-0.05, 0) is 43.0 Å². The normalized spacial score (nSPS) is 12.5. The lowest BCUT2D eigenvalue weighted by molar-refractivity contribution is -0.129. The number of rotatable bonds is 10. The fourth-order valence-corrected chi connectivity index (χ4v) is 2.78. The first-order valence-corrected chi connectivity index (χ1v) is 9.70. The summed E-state index contributed by atoms with van der Waals surface area (Å²) < 4.78 is 5.12. The van der Waals surface area contributed by atoms with E-state index in [0.29, 0.717) is 24.9 Å². The van der Waals surface area contributed by atoms with Crippen molar-refractivity contribution in [2.24, 2.45) is 11.5 Å². The highest BCUT2D eigenvalue weighted by Gasteiger charge is 2.19. The monoisotopic (exact) mass is 411 g/mol. The molecule has 0 saturated carbocycles. The Morgan fingerprint density at radius 2 is 1.63 bits per heavy atom. The Bertz CT molecular complexity index is 865. The van der Waals surface area contributed by atoms with Gasteiger partial charge in [0.1, 0.15) is 17.6 Å². The van der Waals surface area contributed by atoms with E-state index in [4.69, 9.17) is 21.6 Å². The molecule has 2 rings (SSSR count). The summed E-state index contributed by atoms with van der Waals surface area (Å²) in [6.45, 7) is 1.92. The van der Waals surface area contributed by atoms with Gasteiger partial charge in [0.25, 0.3) is 0 Å². The Balaban J connectivity index is 1.75. The van der Waals surface area contributed by atoms with Crippen LogP contribution in [0, 0.1) is 5.41 Å². The number of hydrogen-bond acceptors (Lipinski definition) is 5. The van der Waals surface area contributed by atoms with Crippen LogP contribution in [0.5, 0.6) is 5.75 Å². The lowest BCUT2D eigenvalue weighted by atomic mass is 10.0. The molecule has 0 aliphatic rings. The van der Waals surface area contributed by atoms with Crippen LogP contribution in [0.25, 0.3) is 0 Å². The summed E-state index contributed by atoms with van der Waals surface area (Å²) in [5, 5.41) is 12.8. The number of methoxy groups -OCH3 is 1. The Morgan fingerprint density at radius 1 is 1.03 bits per heavy atom. The van der Waals surface area contributed by atoms with E-state index < -0.39 is 12.1 Å². The number of amides is 2. The summed E-state index contributed by atoms with van der Waals surface area (Å²) >= 11 is 0. The first-order valence-electron chi connectivity index (χ1n) is 9.70. The molecular weight excluding hydrogens is 382 g/mol. The maximum Gasteiger partial charge on any atom is 0.242 e. The predicted molar refractivity (Wildman–Crippen MR) is 116 cm³/mol. The van der Waals surface area contributed by atoms with E-state index in [2.05, 4.69) is 10.6 Å². The van der Waals surface area contributed by atoms with Crippen LogP contribution in [0.2, 0.25) is 0 Å². The molecule has 0 fully saturated rings. The van der Waals surface area contributed by atoms with Gasteiger partial charge in [-0.1, -0.05) is 36.4 Å². The summed E-state index contributed by atoms with van der Waals surface area (Å²) in [5.41, 5.74) is 13.9. The van der Waals surface area contributed by atoms with E-state index >= 15 is 0 Å². The predicted octanol–water partition coefficient (Wildman–Crippen LogP) is 1.06. The fraction of sp³-hybridized carbons (Fsp3) is 0.318. The van der Waals surface area contributed by atoms with Crippen molar-refractivity contribution in [3.05, 3.63) is 65.2 Å². The number of nitrogen functional groups attached to an aromatic ring is 1. The number of hydrogen-bond donors (Lipinski definition) is 5. The molecule has 0 aliphatic carbocycles. The van der Waals surface area contributed by atoms with Crippen LogP contribution in [0.1, 0.15) is 30.0 Å². The van der Waals surface area contributed by atoms with Crippen molar-refractivity contribution in [2.75, 3.05) is 7.11 Å². The molecule has 0 spiro atoms. The summed E-state index contributed by atoms with van der Waals surface area (Å²) in [6.07, 6.45) is 1.12. The number of nitrogens with one attached hydrogen (secondary N) is 3. The molecule has 30 heavy (non-hydrogen) atoms. The third-order valence-electron chi connectivity index (χ3n) is 4.72. The molecule has 7 N–H and O–H groups in total. The maximum atomic E-state index is 12.3. The number of ether oxygens (including phenoxy) is 1. The lowest BCUT2D eigenvalue weighted by Gasteiger charge is -2.17. The summed E-state index contributed by atoms with van der Waals surface area (Å²) in [7, 11) is 1.61. The molecule has 2 amide bonds. The van der Waals surface area contributed by atoms with E-state index in [-0.39, 0.29) is 17.6 Å². The minimum Gasteiger partial charge on any atom is -0.497 e. The van der Waals surface area contributed by atoms with Crippen LogP contribution in [0.4, 0.5) is 0 Å². The number of carbonyl (C=O) groups is 2. The van der Waals surface area contributed by atoms with Crippen LogP contribution in [0.15, 0.2) is 48.5 Å². The van der Waals surface area contributed by atoms with E-state index in [1.165, 1.54) is 0 Å². The largest absolute Gasteiger partial charge is 0.497 e. The first-order chi connectivity index (χ1) is 14.3. The Kier molecular flexibility index (Phi) is 8.37. The summed E-state index contributed by atoms with van der Waals surface area (Å²) in [5.74, 6) is 0.0963. The second kappa shape index (κ2) is 11.0. The molecule has 8 nitrogen and oxygen atoms in total. The molecule has 0 bridgehead atoms. The van der Waals surface area contributed by atoms with Crippen LogP contribution in [-0.2, 0) is 22.6 Å². The van der Waals surface area contributed by atoms with Crippen LogP contribution in [0.3, 0.4) is 0 Å². The highest BCUT2D eigenvalue weighted by molar-refractivity contribution is 5.94. The summed E-state index contributed by atoms with van der Waals surface area (Å²) in [4.78, 5) is 24.5. The van der Waals surface area contributed by atoms with E-state index in [0.717, 1.165) is 16.9 Å². The molecule has 0 aliphatic heterocycles. The van der Waals surface area contributed by atoms with Gasteiger partial charge in [-0.2, -0.15) is 0 Å². The van der Waals surface area contributed by atoms with E-state index in [1.807, 2.05) is 24.3 Å². The third kappa shape index (κ3) is 6.89. The second-order valence-electron chi connectivity index (χ2n) is 7.05. The van der Waals surface area contributed by atoms with Crippen LogP contribution >= 0.6 is 0 Å². The number of carbonyl (C=O) groups excluding carboxylic acids is 2. The molecule has 2 atom stereocenters. The number of nitrogens with two attached hydrogens (primary N) is 2. The fourth-order valence-electron chi connectivity index (χ4n) is 2.78. The van der Waals surface area contributed by atoms with Crippen LogP contribution < -0.4 is 26.8 Å². The smallest absolute Gasteiger partial charge is 0.242 e. The van der Waals surface area contributed by atoms with Crippen LogP contribution in [-0.4, -0.2) is 36.8 Å². The van der Waals surface area contributed by atoms with Crippen molar-refractivity contribution in [3.63, 3.8) is 0 Å². The molecule has 0 heterocycles. The maximum absolute atomic E-state index is 12.3. The Labute approximate surface area is 176 Å². The van der Waals surface area contributed by atoms with Crippen molar-refractivity contribution < 1.29 is 14.3 Å². The third-order valence-corrected chi connectivity index (χ3v) is 4.72. The zero-order valence-corrected chi connectivity index (χ0v) is 17.3. The van der Waals surface area contributed by atoms with Gasteiger partial charge < -0.3 is 26.8 Å². The zero-order chi connectivity index (χ0) is 22.1. The van der Waals surface area contributed by atoms with Gasteiger partial charge in [-0.3, -0.25) is 15.0 Å². The zero-order valence-electron chi connectivity index (χ0n) is 17.3. The Morgan fingerprint density at radius 3 is 2.20 bits per heavy atom. The average molecular weight is 412 g/mol. The van der Waals surface area contributed by atoms with Gasteiger partial charge in [0, 0.05) is 12.1 Å². The van der Waals surface area contributed by atoms with E-state index in [1.54, 1.807) is 38.3 Å². The topological polar surface area (TPSA) is 143 Å². The van der Waals surface area contributed by atoms with Crippen molar-refractivity contribution >= 4 is 17.6 Å². The highest BCUT2D eigenvalue weighted by atomic mass is 16.5. The summed E-state index contributed by atoms with van der Waals surface area (Å²) in [6, 6.07) is 13.2. The van der Waals surface area contributed by atoms with Gasteiger partial charge in [0.15, 0.2) is 0 Å². The minimum atomic E-state index is -0.707. The standard InChI is InChI=1S/C22H29N5O3/c1-14(21(28)26-13-16-3-8-17(9-4-16)20(24)25)27-22(29)19(23)12-7-15-5-10-18(30-2)11-6-15/h3-6,8-11,14,19H,7,12-13,23H2,1-2H3,(H3,24,25)(H,26,28)(H,27,29)/t14-,19+/m0/s1. The molecular formula is C22H29N5O3. The average Bonchev–Trinajstić information content (AvgIpc) is 2.76. The number of aryl methyl sites for hydroxylation is 1. The molecule has 160 valence electrons. The lowest BCUT2D eigenvalue weighted by Crippen LogP contribution is -2.50. The quantitative estimate of drug-likeness (QED) is 0.293. The number of benzene rings is 2. The van der Waals surface area contributed by atoms with E-state index in [9.17, 15) is 9.59 Å². The van der Waals surface area contributed by atoms with Crippen molar-refractivity contribution in [2.45, 2.75) is 38.4 Å². The van der Waals surface area contributed by atoms with Gasteiger partial charge in [-0.25, -0.2) is 0 Å². The van der Waals surface area contributed by atoms with Gasteiger partial charge in [-0.15, -0.1) is 0 Å². The first kappa shape index (κ1) is 22.9.